The van der Waals surface area contributed by atoms with Gasteiger partial charge in [-0.25, -0.2) is 13.2 Å². The van der Waals surface area contributed by atoms with Crippen LogP contribution in [-0.2, 0) is 4.43 Å². The maximum absolute atomic E-state index is 13.5. The van der Waals surface area contributed by atoms with Gasteiger partial charge in [0, 0.05) is 18.9 Å². The first-order chi connectivity index (χ1) is 9.36. The molecule has 0 bridgehead atoms. The second kappa shape index (κ2) is 7.61. The van der Waals surface area contributed by atoms with Gasteiger partial charge in [0.2, 0.25) is 0 Å². The summed E-state index contributed by atoms with van der Waals surface area (Å²) < 4.78 is 44.5. The van der Waals surface area contributed by atoms with E-state index in [0.717, 1.165) is 12.8 Å². The van der Waals surface area contributed by atoms with Gasteiger partial charge in [0.25, 0.3) is 6.43 Å². The highest BCUT2D eigenvalue weighted by Crippen LogP contribution is 2.41. The molecule has 1 N–H and O–H groups in total. The SMILES string of the molecule is C=CCC1(O)CCC[Si](CCCC)(CC(F)C(F)F)O1. The van der Waals surface area contributed by atoms with E-state index >= 15 is 0 Å². The van der Waals surface area contributed by atoms with Gasteiger partial charge in [-0.3, -0.25) is 0 Å². The molecule has 0 radical (unpaired) electrons. The Balaban J connectivity index is 2.83. The van der Waals surface area contributed by atoms with Gasteiger partial charge >= 0.3 is 0 Å². The summed E-state index contributed by atoms with van der Waals surface area (Å²) in [5.74, 6) is -1.33. The van der Waals surface area contributed by atoms with Crippen LogP contribution in [0.1, 0.15) is 39.0 Å². The number of hydrogen-bond donors (Lipinski definition) is 1. The smallest absolute Gasteiger partial charge is 0.269 e. The fourth-order valence-electron chi connectivity index (χ4n) is 2.93. The minimum atomic E-state index is -2.97. The summed E-state index contributed by atoms with van der Waals surface area (Å²) in [5, 5.41) is 10.4. The third kappa shape index (κ3) is 4.89. The van der Waals surface area contributed by atoms with Gasteiger partial charge in [-0.2, -0.15) is 0 Å². The fourth-order valence-corrected chi connectivity index (χ4v) is 7.57. The van der Waals surface area contributed by atoms with Gasteiger partial charge in [0.05, 0.1) is 0 Å². The largest absolute Gasteiger partial charge is 0.390 e. The van der Waals surface area contributed by atoms with E-state index in [4.69, 9.17) is 4.43 Å². The van der Waals surface area contributed by atoms with E-state index in [1.165, 1.54) is 0 Å². The maximum Gasteiger partial charge on any atom is 0.269 e. The van der Waals surface area contributed by atoms with Crippen LogP contribution in [0.2, 0.25) is 18.1 Å². The third-order valence-electron chi connectivity index (χ3n) is 3.90. The van der Waals surface area contributed by atoms with Crippen molar-refractivity contribution in [1.29, 1.82) is 0 Å². The molecule has 20 heavy (non-hydrogen) atoms. The highest BCUT2D eigenvalue weighted by Gasteiger charge is 2.48. The predicted molar refractivity (Wildman–Crippen MR) is 76.1 cm³/mol. The molecule has 0 aromatic carbocycles. The molecule has 1 aliphatic heterocycles. The quantitative estimate of drug-likeness (QED) is 0.531. The molecular weight excluding hydrogens is 285 g/mol. The Kier molecular flexibility index (Phi) is 6.74. The molecule has 0 saturated carbocycles. The molecule has 1 fully saturated rings. The molecular formula is C14H25F3O2Si. The van der Waals surface area contributed by atoms with Crippen molar-refractivity contribution in [2.45, 2.75) is 75.5 Å². The van der Waals surface area contributed by atoms with Crippen LogP contribution in [0.5, 0.6) is 0 Å². The average Bonchev–Trinajstić information content (AvgIpc) is 2.36. The average molecular weight is 310 g/mol. The molecule has 0 aromatic heterocycles. The molecule has 0 aromatic rings. The van der Waals surface area contributed by atoms with Crippen LogP contribution in [0.4, 0.5) is 13.2 Å². The molecule has 1 aliphatic rings. The molecule has 3 atom stereocenters. The van der Waals surface area contributed by atoms with Crippen LogP contribution in [0, 0.1) is 0 Å². The van der Waals surface area contributed by atoms with E-state index in [1.807, 2.05) is 6.92 Å². The van der Waals surface area contributed by atoms with Gasteiger partial charge in [-0.15, -0.1) is 6.58 Å². The number of alkyl halides is 3. The highest BCUT2D eigenvalue weighted by molar-refractivity contribution is 6.74. The molecule has 3 unspecified atom stereocenters. The summed E-state index contributed by atoms with van der Waals surface area (Å²) in [6.45, 7) is 5.58. The van der Waals surface area contributed by atoms with E-state index in [1.54, 1.807) is 6.08 Å². The Morgan fingerprint density at radius 1 is 1.45 bits per heavy atom. The van der Waals surface area contributed by atoms with Crippen molar-refractivity contribution in [3.63, 3.8) is 0 Å². The van der Waals surface area contributed by atoms with Crippen LogP contribution in [0.15, 0.2) is 12.7 Å². The third-order valence-corrected chi connectivity index (χ3v) is 8.37. The monoisotopic (exact) mass is 310 g/mol. The Hall–Kier alpha value is -0.333. The van der Waals surface area contributed by atoms with Crippen molar-refractivity contribution in [1.82, 2.24) is 0 Å². The Morgan fingerprint density at radius 3 is 2.70 bits per heavy atom. The van der Waals surface area contributed by atoms with Gasteiger partial charge < -0.3 is 9.53 Å². The zero-order chi connectivity index (χ0) is 15.2. The fraction of sp³-hybridized carbons (Fsp3) is 0.857. The normalized spacial score (nSPS) is 32.3. The van der Waals surface area contributed by atoms with Crippen molar-refractivity contribution >= 4 is 8.32 Å². The van der Waals surface area contributed by atoms with Gasteiger partial charge in [-0.1, -0.05) is 25.8 Å². The summed E-state index contributed by atoms with van der Waals surface area (Å²) in [6.07, 6.45) is -0.398. The lowest BCUT2D eigenvalue weighted by Crippen LogP contribution is -2.53. The molecule has 2 nitrogen and oxygen atoms in total. The van der Waals surface area contributed by atoms with Crippen LogP contribution in [-0.4, -0.2) is 31.8 Å². The molecule has 1 rings (SSSR count). The molecule has 1 saturated heterocycles. The van der Waals surface area contributed by atoms with E-state index in [0.29, 0.717) is 24.9 Å². The minimum absolute atomic E-state index is 0.218. The van der Waals surface area contributed by atoms with E-state index in [-0.39, 0.29) is 12.5 Å². The Morgan fingerprint density at radius 2 is 2.15 bits per heavy atom. The molecule has 1 heterocycles. The van der Waals surface area contributed by atoms with Crippen molar-refractivity contribution in [3.05, 3.63) is 12.7 Å². The lowest BCUT2D eigenvalue weighted by molar-refractivity contribution is -0.157. The van der Waals surface area contributed by atoms with Crippen LogP contribution in [0.25, 0.3) is 0 Å². The first-order valence-corrected chi connectivity index (χ1v) is 9.85. The molecule has 6 heteroatoms. The van der Waals surface area contributed by atoms with Crippen molar-refractivity contribution in [3.8, 4) is 0 Å². The number of halogens is 3. The lowest BCUT2D eigenvalue weighted by Gasteiger charge is -2.45. The molecule has 0 aliphatic carbocycles. The Bertz CT molecular complexity index is 317. The van der Waals surface area contributed by atoms with Crippen LogP contribution >= 0.6 is 0 Å². The molecule has 0 amide bonds. The number of rotatable bonds is 8. The van der Waals surface area contributed by atoms with Gasteiger partial charge in [0.15, 0.2) is 20.3 Å². The number of unbranched alkanes of at least 4 members (excludes halogenated alkanes) is 1. The van der Waals surface area contributed by atoms with Crippen LogP contribution in [0.3, 0.4) is 0 Å². The summed E-state index contributed by atoms with van der Waals surface area (Å²) in [4.78, 5) is 0. The van der Waals surface area contributed by atoms with E-state index in [2.05, 4.69) is 6.58 Å². The maximum atomic E-state index is 13.5. The van der Waals surface area contributed by atoms with Crippen LogP contribution < -0.4 is 0 Å². The van der Waals surface area contributed by atoms with E-state index < -0.39 is 26.7 Å². The summed E-state index contributed by atoms with van der Waals surface area (Å²) in [7, 11) is -2.65. The predicted octanol–water partition coefficient (Wildman–Crippen LogP) is 4.41. The number of aliphatic hydroxyl groups is 1. The minimum Gasteiger partial charge on any atom is -0.390 e. The molecule has 0 spiro atoms. The second-order valence-corrected chi connectivity index (χ2v) is 9.71. The summed E-state index contributed by atoms with van der Waals surface area (Å²) in [5.41, 5.74) is 0. The summed E-state index contributed by atoms with van der Waals surface area (Å²) >= 11 is 0. The lowest BCUT2D eigenvalue weighted by atomic mass is 10.1. The Labute approximate surface area is 120 Å². The first-order valence-electron chi connectivity index (χ1n) is 7.32. The highest BCUT2D eigenvalue weighted by atomic mass is 28.4. The zero-order valence-corrected chi connectivity index (χ0v) is 13.1. The topological polar surface area (TPSA) is 29.5 Å². The van der Waals surface area contributed by atoms with E-state index in [9.17, 15) is 18.3 Å². The van der Waals surface area contributed by atoms with Crippen molar-refractivity contribution in [2.75, 3.05) is 0 Å². The van der Waals surface area contributed by atoms with Gasteiger partial charge in [0.1, 0.15) is 0 Å². The standard InChI is InChI=1S/C14H25F3O2Si/c1-3-5-9-20(11-12(15)13(16)17)10-6-8-14(18,19-20)7-4-2/h4,12-13,18H,2-3,5-11H2,1H3. The number of hydrogen-bond acceptors (Lipinski definition) is 2. The van der Waals surface area contributed by atoms with Crippen molar-refractivity contribution < 1.29 is 22.7 Å². The molecule has 118 valence electrons. The first kappa shape index (κ1) is 17.7. The second-order valence-electron chi connectivity index (χ2n) is 5.74. The van der Waals surface area contributed by atoms with Gasteiger partial charge in [-0.05, 0) is 18.5 Å². The zero-order valence-electron chi connectivity index (χ0n) is 12.1. The summed E-state index contributed by atoms with van der Waals surface area (Å²) in [6, 6.07) is 1.07. The van der Waals surface area contributed by atoms with Crippen molar-refractivity contribution in [2.24, 2.45) is 0 Å².